The van der Waals surface area contributed by atoms with Gasteiger partial charge in [0, 0.05) is 38.5 Å². The Morgan fingerprint density at radius 2 is 1.83 bits per heavy atom. The summed E-state index contributed by atoms with van der Waals surface area (Å²) in [5.74, 6) is 0.743. The quantitative estimate of drug-likeness (QED) is 0.684. The highest BCUT2D eigenvalue weighted by atomic mass is 35.5. The smallest absolute Gasteiger partial charge is 0.222 e. The molecule has 0 spiro atoms. The van der Waals surface area contributed by atoms with E-state index in [9.17, 15) is 13.2 Å². The van der Waals surface area contributed by atoms with Gasteiger partial charge in [-0.3, -0.25) is 4.79 Å². The summed E-state index contributed by atoms with van der Waals surface area (Å²) >= 11 is 5.54. The molecule has 0 atom stereocenters. The van der Waals surface area contributed by atoms with Gasteiger partial charge in [0.05, 0.1) is 5.75 Å². The van der Waals surface area contributed by atoms with Crippen molar-refractivity contribution in [2.75, 3.05) is 37.8 Å². The summed E-state index contributed by atoms with van der Waals surface area (Å²) in [6.45, 7) is 3.65. The molecule has 1 saturated heterocycles. The first-order chi connectivity index (χ1) is 8.51. The molecule has 0 unspecified atom stereocenters. The van der Waals surface area contributed by atoms with Gasteiger partial charge in [-0.05, 0) is 12.8 Å². The molecule has 0 aromatic rings. The van der Waals surface area contributed by atoms with Gasteiger partial charge in [-0.1, -0.05) is 6.92 Å². The number of alkyl halides is 1. The fraction of sp³-hybridized carbons (Fsp3) is 0.909. The van der Waals surface area contributed by atoms with Crippen LogP contribution in [-0.4, -0.2) is 61.3 Å². The SMILES string of the molecule is CCCS(=O)(=O)N1CCN(C(=O)CCCCl)CC1. The maximum absolute atomic E-state index is 11.8. The van der Waals surface area contributed by atoms with E-state index in [0.29, 0.717) is 51.3 Å². The van der Waals surface area contributed by atoms with Crippen molar-refractivity contribution in [3.8, 4) is 0 Å². The molecule has 0 N–H and O–H groups in total. The molecule has 106 valence electrons. The van der Waals surface area contributed by atoms with Gasteiger partial charge in [-0.2, -0.15) is 4.31 Å². The van der Waals surface area contributed by atoms with Crippen LogP contribution in [0, 0.1) is 0 Å². The average Bonchev–Trinajstić information content (AvgIpc) is 2.36. The first kappa shape index (κ1) is 15.7. The van der Waals surface area contributed by atoms with Gasteiger partial charge in [-0.15, -0.1) is 11.6 Å². The Morgan fingerprint density at radius 1 is 1.22 bits per heavy atom. The minimum absolute atomic E-state index is 0.0724. The molecule has 1 heterocycles. The number of carbonyl (C=O) groups excluding carboxylic acids is 1. The lowest BCUT2D eigenvalue weighted by atomic mass is 10.2. The standard InChI is InChI=1S/C11H21ClN2O3S/c1-2-10-18(16,17)14-8-6-13(7-9-14)11(15)4-3-5-12/h2-10H2,1H3. The highest BCUT2D eigenvalue weighted by Gasteiger charge is 2.27. The van der Waals surface area contributed by atoms with Crippen LogP contribution in [-0.2, 0) is 14.8 Å². The van der Waals surface area contributed by atoms with E-state index in [1.54, 1.807) is 4.90 Å². The zero-order valence-electron chi connectivity index (χ0n) is 10.8. The highest BCUT2D eigenvalue weighted by Crippen LogP contribution is 2.10. The second kappa shape index (κ2) is 7.31. The van der Waals surface area contributed by atoms with Crippen molar-refractivity contribution in [1.82, 2.24) is 9.21 Å². The minimum Gasteiger partial charge on any atom is -0.340 e. The van der Waals surface area contributed by atoms with Crippen molar-refractivity contribution in [2.45, 2.75) is 26.2 Å². The Balaban J connectivity index is 2.43. The molecule has 0 aromatic heterocycles. The molecule has 0 aliphatic carbocycles. The Morgan fingerprint density at radius 3 is 2.33 bits per heavy atom. The van der Waals surface area contributed by atoms with Crippen LogP contribution in [0.3, 0.4) is 0 Å². The third kappa shape index (κ3) is 4.40. The van der Waals surface area contributed by atoms with E-state index in [1.165, 1.54) is 4.31 Å². The molecule has 1 rings (SSSR count). The van der Waals surface area contributed by atoms with E-state index in [1.807, 2.05) is 6.92 Å². The fourth-order valence-electron chi connectivity index (χ4n) is 1.98. The first-order valence-corrected chi connectivity index (χ1v) is 8.47. The molecular formula is C11H21ClN2O3S. The maximum Gasteiger partial charge on any atom is 0.222 e. The van der Waals surface area contributed by atoms with Crippen molar-refractivity contribution in [3.63, 3.8) is 0 Å². The number of halogens is 1. The summed E-state index contributed by atoms with van der Waals surface area (Å²) < 4.78 is 25.2. The van der Waals surface area contributed by atoms with Crippen molar-refractivity contribution < 1.29 is 13.2 Å². The number of sulfonamides is 1. The first-order valence-electron chi connectivity index (χ1n) is 6.33. The van der Waals surface area contributed by atoms with Crippen molar-refractivity contribution in [1.29, 1.82) is 0 Å². The molecular weight excluding hydrogens is 276 g/mol. The molecule has 0 radical (unpaired) electrons. The summed E-state index contributed by atoms with van der Waals surface area (Å²) in [6.07, 6.45) is 1.75. The van der Waals surface area contributed by atoms with Crippen molar-refractivity contribution in [3.05, 3.63) is 0 Å². The summed E-state index contributed by atoms with van der Waals surface area (Å²) in [4.78, 5) is 13.5. The van der Waals surface area contributed by atoms with Crippen molar-refractivity contribution in [2.24, 2.45) is 0 Å². The predicted molar refractivity (Wildman–Crippen MR) is 72.2 cm³/mol. The van der Waals surface area contributed by atoms with E-state index in [0.717, 1.165) is 0 Å². The number of amides is 1. The second-order valence-electron chi connectivity index (χ2n) is 4.39. The van der Waals surface area contributed by atoms with E-state index in [4.69, 9.17) is 11.6 Å². The Hall–Kier alpha value is -0.330. The van der Waals surface area contributed by atoms with Crippen LogP contribution < -0.4 is 0 Å². The van der Waals surface area contributed by atoms with Crippen LogP contribution in [0.15, 0.2) is 0 Å². The number of rotatable bonds is 6. The molecule has 5 nitrogen and oxygen atoms in total. The normalized spacial score (nSPS) is 18.0. The summed E-state index contributed by atoms with van der Waals surface area (Å²) in [5, 5.41) is 0. The molecule has 0 aromatic carbocycles. The second-order valence-corrected chi connectivity index (χ2v) is 6.85. The maximum atomic E-state index is 11.8. The molecule has 1 amide bonds. The van der Waals surface area contributed by atoms with Gasteiger partial charge in [0.15, 0.2) is 0 Å². The van der Waals surface area contributed by atoms with Crippen LogP contribution >= 0.6 is 11.6 Å². The highest BCUT2D eigenvalue weighted by molar-refractivity contribution is 7.89. The Labute approximate surface area is 114 Å². The van der Waals surface area contributed by atoms with Gasteiger partial charge in [0.25, 0.3) is 0 Å². The zero-order chi connectivity index (χ0) is 13.6. The van der Waals surface area contributed by atoms with E-state index in [-0.39, 0.29) is 11.7 Å². The molecule has 0 saturated carbocycles. The third-order valence-corrected chi connectivity index (χ3v) is 5.31. The summed E-state index contributed by atoms with van der Waals surface area (Å²) in [7, 11) is -3.13. The Kier molecular flexibility index (Phi) is 6.38. The van der Waals surface area contributed by atoms with E-state index < -0.39 is 10.0 Å². The number of carbonyl (C=O) groups is 1. The summed E-state index contributed by atoms with van der Waals surface area (Å²) in [6, 6.07) is 0. The number of nitrogens with zero attached hydrogens (tertiary/aromatic N) is 2. The number of hydrogen-bond donors (Lipinski definition) is 0. The van der Waals surface area contributed by atoms with Crippen LogP contribution in [0.1, 0.15) is 26.2 Å². The van der Waals surface area contributed by atoms with E-state index >= 15 is 0 Å². The van der Waals surface area contributed by atoms with Crippen LogP contribution in [0.5, 0.6) is 0 Å². The predicted octanol–water partition coefficient (Wildman–Crippen LogP) is 0.889. The van der Waals surface area contributed by atoms with Gasteiger partial charge in [-0.25, -0.2) is 8.42 Å². The van der Waals surface area contributed by atoms with Crippen LogP contribution in [0.25, 0.3) is 0 Å². The Bertz CT molecular complexity index is 364. The monoisotopic (exact) mass is 296 g/mol. The molecule has 1 aliphatic rings. The average molecular weight is 297 g/mol. The van der Waals surface area contributed by atoms with Gasteiger partial charge in [0.1, 0.15) is 0 Å². The molecule has 1 aliphatic heterocycles. The third-order valence-electron chi connectivity index (χ3n) is 2.97. The molecule has 18 heavy (non-hydrogen) atoms. The van der Waals surface area contributed by atoms with Gasteiger partial charge >= 0.3 is 0 Å². The van der Waals surface area contributed by atoms with Crippen molar-refractivity contribution >= 4 is 27.5 Å². The van der Waals surface area contributed by atoms with E-state index in [2.05, 4.69) is 0 Å². The minimum atomic E-state index is -3.13. The number of piperazine rings is 1. The molecule has 7 heteroatoms. The topological polar surface area (TPSA) is 57.7 Å². The lowest BCUT2D eigenvalue weighted by Gasteiger charge is -2.34. The summed E-state index contributed by atoms with van der Waals surface area (Å²) in [5.41, 5.74) is 0. The lowest BCUT2D eigenvalue weighted by Crippen LogP contribution is -2.51. The van der Waals surface area contributed by atoms with Gasteiger partial charge in [0.2, 0.25) is 15.9 Å². The zero-order valence-corrected chi connectivity index (χ0v) is 12.3. The molecule has 1 fully saturated rings. The molecule has 0 bridgehead atoms. The largest absolute Gasteiger partial charge is 0.340 e. The van der Waals surface area contributed by atoms with Gasteiger partial charge < -0.3 is 4.90 Å². The van der Waals surface area contributed by atoms with Crippen LogP contribution in [0.2, 0.25) is 0 Å². The number of hydrogen-bond acceptors (Lipinski definition) is 3. The van der Waals surface area contributed by atoms with Crippen LogP contribution in [0.4, 0.5) is 0 Å². The lowest BCUT2D eigenvalue weighted by molar-refractivity contribution is -0.132. The fourth-order valence-corrected chi connectivity index (χ4v) is 3.61.